The van der Waals surface area contributed by atoms with Crippen molar-refractivity contribution in [1.29, 1.82) is 0 Å². The Kier molecular flexibility index (Phi) is 5.76. The highest BCUT2D eigenvalue weighted by molar-refractivity contribution is 6.02. The van der Waals surface area contributed by atoms with E-state index in [1.807, 2.05) is 0 Å². The van der Waals surface area contributed by atoms with Gasteiger partial charge in [0.15, 0.2) is 5.78 Å². The summed E-state index contributed by atoms with van der Waals surface area (Å²) in [7, 11) is 1.56. The maximum atomic E-state index is 12.7. The Balaban J connectivity index is 1.58. The Morgan fingerprint density at radius 2 is 1.71 bits per heavy atom. The zero-order valence-corrected chi connectivity index (χ0v) is 17.0. The molecule has 0 aromatic heterocycles. The molecule has 9 nitrogen and oxygen atoms in total. The highest BCUT2D eigenvalue weighted by Crippen LogP contribution is 2.42. The first-order valence-electron chi connectivity index (χ1n) is 9.85. The molecule has 4 N–H and O–H groups in total. The molecule has 4 rings (SSSR count). The van der Waals surface area contributed by atoms with Gasteiger partial charge in [0.25, 0.3) is 0 Å². The number of aromatic hydroxyl groups is 1. The molecule has 2 aliphatic rings. The summed E-state index contributed by atoms with van der Waals surface area (Å²) in [5.41, 5.74) is 0.814. The normalized spacial score (nSPS) is 30.3. The molecule has 0 spiro atoms. The molecular formula is C22H24O9. The molecule has 0 radical (unpaired) electrons. The summed E-state index contributed by atoms with van der Waals surface area (Å²) in [5.74, 6) is 0.259. The molecule has 6 atom stereocenters. The van der Waals surface area contributed by atoms with Gasteiger partial charge in [-0.2, -0.15) is 0 Å². The lowest BCUT2D eigenvalue weighted by Gasteiger charge is -2.39. The van der Waals surface area contributed by atoms with Gasteiger partial charge in [0, 0.05) is 12.1 Å². The van der Waals surface area contributed by atoms with E-state index in [1.165, 1.54) is 19.1 Å². The van der Waals surface area contributed by atoms with Gasteiger partial charge in [-0.15, -0.1) is 0 Å². The van der Waals surface area contributed by atoms with Gasteiger partial charge in [-0.25, -0.2) is 0 Å². The van der Waals surface area contributed by atoms with Crippen molar-refractivity contribution in [2.24, 2.45) is 0 Å². The Labute approximate surface area is 178 Å². The predicted molar refractivity (Wildman–Crippen MR) is 106 cm³/mol. The van der Waals surface area contributed by atoms with Crippen LogP contribution in [0.1, 0.15) is 35.4 Å². The van der Waals surface area contributed by atoms with Gasteiger partial charge in [0.1, 0.15) is 53.0 Å². The molecule has 31 heavy (non-hydrogen) atoms. The summed E-state index contributed by atoms with van der Waals surface area (Å²) in [6.07, 6.45) is -6.82. The van der Waals surface area contributed by atoms with E-state index < -0.39 is 36.8 Å². The third-order valence-electron chi connectivity index (χ3n) is 5.52. The quantitative estimate of drug-likeness (QED) is 0.564. The fourth-order valence-electron chi connectivity index (χ4n) is 3.73. The summed E-state index contributed by atoms with van der Waals surface area (Å²) in [5, 5.41) is 40.3. The van der Waals surface area contributed by atoms with Gasteiger partial charge in [0.05, 0.1) is 19.6 Å². The molecule has 2 aromatic rings. The average molecular weight is 432 g/mol. The second-order valence-corrected chi connectivity index (χ2v) is 7.62. The largest absolute Gasteiger partial charge is 0.507 e. The number of ether oxygens (including phenoxy) is 4. The Hall–Kier alpha value is -2.85. The van der Waals surface area contributed by atoms with Crippen molar-refractivity contribution in [1.82, 2.24) is 0 Å². The number of aliphatic hydroxyl groups excluding tert-OH is 3. The van der Waals surface area contributed by atoms with Crippen molar-refractivity contribution >= 4 is 5.78 Å². The van der Waals surface area contributed by atoms with Gasteiger partial charge in [-0.3, -0.25) is 4.79 Å². The summed E-state index contributed by atoms with van der Waals surface area (Å²) < 4.78 is 22.1. The zero-order chi connectivity index (χ0) is 22.3. The van der Waals surface area contributed by atoms with Gasteiger partial charge in [-0.05, 0) is 24.6 Å². The third kappa shape index (κ3) is 4.05. The molecule has 2 aliphatic heterocycles. The number of hydrogen-bond donors (Lipinski definition) is 4. The number of carbonyl (C=O) groups is 1. The maximum absolute atomic E-state index is 12.7. The van der Waals surface area contributed by atoms with Crippen molar-refractivity contribution in [3.63, 3.8) is 0 Å². The zero-order valence-electron chi connectivity index (χ0n) is 17.0. The Bertz CT molecular complexity index is 958. The summed E-state index contributed by atoms with van der Waals surface area (Å²) in [4.78, 5) is 12.7. The number of phenolic OH excluding ortho intramolecular Hbond substituents is 1. The van der Waals surface area contributed by atoms with Crippen LogP contribution in [0.25, 0.3) is 0 Å². The molecule has 0 unspecified atom stereocenters. The molecule has 2 aromatic carbocycles. The van der Waals surface area contributed by atoms with Crippen LogP contribution in [0.5, 0.6) is 23.0 Å². The van der Waals surface area contributed by atoms with Crippen LogP contribution in [0.2, 0.25) is 0 Å². The molecule has 9 heteroatoms. The minimum Gasteiger partial charge on any atom is -0.507 e. The van der Waals surface area contributed by atoms with Crippen LogP contribution in [-0.4, -0.2) is 64.0 Å². The summed E-state index contributed by atoms with van der Waals surface area (Å²) in [6.45, 7) is 1.53. The van der Waals surface area contributed by atoms with Gasteiger partial charge < -0.3 is 39.4 Å². The van der Waals surface area contributed by atoms with Gasteiger partial charge in [-0.1, -0.05) is 12.1 Å². The number of ketones is 1. The first kappa shape index (κ1) is 21.4. The number of carbonyl (C=O) groups excluding carboxylic acids is 1. The molecular weight excluding hydrogens is 408 g/mol. The lowest BCUT2D eigenvalue weighted by atomic mass is 9.95. The lowest BCUT2D eigenvalue weighted by molar-refractivity contribution is -0.268. The second kappa shape index (κ2) is 8.35. The highest BCUT2D eigenvalue weighted by Gasteiger charge is 2.43. The minimum atomic E-state index is -1.51. The fraction of sp³-hybridized carbons (Fsp3) is 0.409. The number of hydrogen-bond acceptors (Lipinski definition) is 9. The maximum Gasteiger partial charge on any atom is 0.229 e. The van der Waals surface area contributed by atoms with Crippen molar-refractivity contribution in [2.45, 2.75) is 50.2 Å². The van der Waals surface area contributed by atoms with Crippen LogP contribution in [0.4, 0.5) is 0 Å². The number of benzene rings is 2. The monoisotopic (exact) mass is 432 g/mol. The topological polar surface area (TPSA) is 135 Å². The third-order valence-corrected chi connectivity index (χ3v) is 5.52. The van der Waals surface area contributed by atoms with E-state index in [0.29, 0.717) is 5.75 Å². The Morgan fingerprint density at radius 1 is 1.00 bits per heavy atom. The van der Waals surface area contributed by atoms with Crippen molar-refractivity contribution in [2.75, 3.05) is 7.11 Å². The Morgan fingerprint density at radius 3 is 2.39 bits per heavy atom. The van der Waals surface area contributed by atoms with E-state index in [0.717, 1.165) is 5.56 Å². The van der Waals surface area contributed by atoms with Gasteiger partial charge in [0.2, 0.25) is 6.29 Å². The number of Topliss-reactive ketones (excluding diaryl/α,β-unsaturated/α-hetero) is 1. The molecule has 1 saturated heterocycles. The van der Waals surface area contributed by atoms with Crippen LogP contribution >= 0.6 is 0 Å². The van der Waals surface area contributed by atoms with Crippen molar-refractivity contribution in [3.8, 4) is 23.0 Å². The number of methoxy groups -OCH3 is 1. The molecule has 0 aliphatic carbocycles. The average Bonchev–Trinajstić information content (AvgIpc) is 2.75. The molecule has 0 bridgehead atoms. The second-order valence-electron chi connectivity index (χ2n) is 7.62. The smallest absolute Gasteiger partial charge is 0.229 e. The first-order valence-corrected chi connectivity index (χ1v) is 9.85. The molecule has 166 valence electrons. The predicted octanol–water partition coefficient (Wildman–Crippen LogP) is 1.31. The molecule has 1 fully saturated rings. The summed E-state index contributed by atoms with van der Waals surface area (Å²) >= 11 is 0. The van der Waals surface area contributed by atoms with Crippen molar-refractivity contribution < 1.29 is 44.2 Å². The SMILES string of the molecule is COc1ccc([C@@H]2CC(=O)c3c(O)cc(O[C@H]4O[C@@H](C)[C@H](O)[C@@H](O)[C@H]4O)cc3O2)cc1. The van der Waals surface area contributed by atoms with Crippen LogP contribution in [0, 0.1) is 0 Å². The molecule has 0 amide bonds. The first-order chi connectivity index (χ1) is 14.8. The van der Waals surface area contributed by atoms with E-state index in [-0.39, 0.29) is 35.0 Å². The number of aliphatic hydroxyl groups is 3. The fourth-order valence-corrected chi connectivity index (χ4v) is 3.73. The van der Waals surface area contributed by atoms with E-state index in [4.69, 9.17) is 18.9 Å². The number of rotatable bonds is 4. The minimum absolute atomic E-state index is 0.0473. The number of phenols is 1. The van der Waals surface area contributed by atoms with E-state index >= 15 is 0 Å². The van der Waals surface area contributed by atoms with E-state index in [2.05, 4.69) is 0 Å². The summed E-state index contributed by atoms with van der Waals surface area (Å²) in [6, 6.07) is 9.74. The standard InChI is InChI=1S/C22H24O9/c1-10-19(25)20(26)21(27)22(29-10)30-13-7-14(23)18-15(24)9-16(31-17(18)8-13)11-3-5-12(28-2)6-4-11/h3-8,10,16,19-23,25-27H,9H2,1-2H3/t10-,16-,19-,20+,21+,22+/m0/s1. The van der Waals surface area contributed by atoms with Crippen LogP contribution < -0.4 is 14.2 Å². The highest BCUT2D eigenvalue weighted by atomic mass is 16.7. The van der Waals surface area contributed by atoms with Crippen molar-refractivity contribution in [3.05, 3.63) is 47.5 Å². The van der Waals surface area contributed by atoms with Gasteiger partial charge >= 0.3 is 0 Å². The molecule has 2 heterocycles. The lowest BCUT2D eigenvalue weighted by Crippen LogP contribution is -2.58. The van der Waals surface area contributed by atoms with E-state index in [1.54, 1.807) is 31.4 Å². The number of fused-ring (bicyclic) bond motifs is 1. The van der Waals surface area contributed by atoms with Crippen LogP contribution in [0.3, 0.4) is 0 Å². The van der Waals surface area contributed by atoms with E-state index in [9.17, 15) is 25.2 Å². The van der Waals surface area contributed by atoms with Crippen LogP contribution in [-0.2, 0) is 4.74 Å². The van der Waals surface area contributed by atoms with Crippen LogP contribution in [0.15, 0.2) is 36.4 Å². The molecule has 0 saturated carbocycles.